The Bertz CT molecular complexity index is 802. The SMILES string of the molecule is Cc1ccc([C@H]2NCCc3c2[nH]c2ccc(Cl)cc32)cc1. The number of fused-ring (bicyclic) bond motifs is 3. The molecule has 0 saturated carbocycles. The molecular weight excluding hydrogens is 280 g/mol. The van der Waals surface area contributed by atoms with Gasteiger partial charge in [0.1, 0.15) is 0 Å². The van der Waals surface area contributed by atoms with Crippen molar-refractivity contribution in [2.24, 2.45) is 0 Å². The highest BCUT2D eigenvalue weighted by atomic mass is 35.5. The van der Waals surface area contributed by atoms with Gasteiger partial charge in [-0.15, -0.1) is 0 Å². The highest BCUT2D eigenvalue weighted by Gasteiger charge is 2.25. The van der Waals surface area contributed by atoms with E-state index in [1.807, 2.05) is 6.07 Å². The fourth-order valence-electron chi connectivity index (χ4n) is 3.24. The first-order valence-electron chi connectivity index (χ1n) is 7.32. The van der Waals surface area contributed by atoms with Gasteiger partial charge >= 0.3 is 0 Å². The number of aryl methyl sites for hydroxylation is 1. The van der Waals surface area contributed by atoms with Crippen molar-refractivity contribution in [3.8, 4) is 0 Å². The third-order valence-corrected chi connectivity index (χ3v) is 4.56. The minimum atomic E-state index is 0.237. The maximum Gasteiger partial charge on any atom is 0.0732 e. The second-order valence-electron chi connectivity index (χ2n) is 5.75. The van der Waals surface area contributed by atoms with Crippen LogP contribution in [-0.4, -0.2) is 11.5 Å². The fraction of sp³-hybridized carbons (Fsp3) is 0.222. The standard InChI is InChI=1S/C18H17ClN2/c1-11-2-4-12(5-3-11)17-18-14(8-9-20-17)15-10-13(19)6-7-16(15)21-18/h2-7,10,17,20-21H,8-9H2,1H3/t17-/m1/s1. The average molecular weight is 297 g/mol. The van der Waals surface area contributed by atoms with Gasteiger partial charge in [0.15, 0.2) is 0 Å². The van der Waals surface area contributed by atoms with Crippen LogP contribution in [0.4, 0.5) is 0 Å². The van der Waals surface area contributed by atoms with Crippen LogP contribution in [0.5, 0.6) is 0 Å². The van der Waals surface area contributed by atoms with Crippen molar-refractivity contribution in [1.82, 2.24) is 10.3 Å². The van der Waals surface area contributed by atoms with Gasteiger partial charge in [0.25, 0.3) is 0 Å². The van der Waals surface area contributed by atoms with E-state index in [0.717, 1.165) is 18.0 Å². The summed E-state index contributed by atoms with van der Waals surface area (Å²) in [4.78, 5) is 3.59. The summed E-state index contributed by atoms with van der Waals surface area (Å²) in [7, 11) is 0. The predicted molar refractivity (Wildman–Crippen MR) is 88.0 cm³/mol. The lowest BCUT2D eigenvalue weighted by atomic mass is 9.94. The van der Waals surface area contributed by atoms with Crippen LogP contribution in [0.3, 0.4) is 0 Å². The van der Waals surface area contributed by atoms with Gasteiger partial charge in [-0.3, -0.25) is 0 Å². The molecule has 0 amide bonds. The van der Waals surface area contributed by atoms with Crippen LogP contribution in [0.15, 0.2) is 42.5 Å². The lowest BCUT2D eigenvalue weighted by Crippen LogP contribution is -2.30. The molecule has 4 rings (SSSR count). The van der Waals surface area contributed by atoms with Crippen LogP contribution < -0.4 is 5.32 Å². The Hall–Kier alpha value is -1.77. The predicted octanol–water partition coefficient (Wildman–Crippen LogP) is 4.36. The number of aromatic amines is 1. The van der Waals surface area contributed by atoms with E-state index in [1.165, 1.54) is 33.3 Å². The molecule has 21 heavy (non-hydrogen) atoms. The molecule has 1 aromatic heterocycles. The van der Waals surface area contributed by atoms with Crippen LogP contribution in [0.25, 0.3) is 10.9 Å². The van der Waals surface area contributed by atoms with Gasteiger partial charge < -0.3 is 10.3 Å². The molecule has 0 spiro atoms. The van der Waals surface area contributed by atoms with Crippen LogP contribution in [0.1, 0.15) is 28.4 Å². The molecule has 0 radical (unpaired) electrons. The fourth-order valence-corrected chi connectivity index (χ4v) is 3.42. The molecule has 1 aliphatic rings. The summed E-state index contributed by atoms with van der Waals surface area (Å²) in [6.07, 6.45) is 1.04. The molecule has 3 aromatic rings. The van der Waals surface area contributed by atoms with Gasteiger partial charge in [0, 0.05) is 28.2 Å². The summed E-state index contributed by atoms with van der Waals surface area (Å²) < 4.78 is 0. The molecule has 0 fully saturated rings. The molecule has 0 bridgehead atoms. The summed E-state index contributed by atoms with van der Waals surface area (Å²) in [5.74, 6) is 0. The summed E-state index contributed by atoms with van der Waals surface area (Å²) in [6, 6.07) is 15.1. The summed E-state index contributed by atoms with van der Waals surface area (Å²) in [5.41, 5.74) is 6.45. The zero-order valence-corrected chi connectivity index (χ0v) is 12.7. The molecule has 1 atom stereocenters. The Kier molecular flexibility index (Phi) is 3.02. The molecule has 2 heterocycles. The van der Waals surface area contributed by atoms with E-state index in [2.05, 4.69) is 53.6 Å². The number of benzene rings is 2. The molecule has 3 heteroatoms. The minimum Gasteiger partial charge on any atom is -0.357 e. The maximum absolute atomic E-state index is 6.16. The molecule has 2 aromatic carbocycles. The maximum atomic E-state index is 6.16. The Labute approximate surface area is 129 Å². The summed E-state index contributed by atoms with van der Waals surface area (Å²) >= 11 is 6.16. The number of aromatic nitrogens is 1. The highest BCUT2D eigenvalue weighted by molar-refractivity contribution is 6.31. The van der Waals surface area contributed by atoms with Crippen molar-refractivity contribution in [2.75, 3.05) is 6.54 Å². The van der Waals surface area contributed by atoms with Crippen molar-refractivity contribution in [3.05, 3.63) is 69.9 Å². The van der Waals surface area contributed by atoms with E-state index in [1.54, 1.807) is 0 Å². The number of hydrogen-bond acceptors (Lipinski definition) is 1. The van der Waals surface area contributed by atoms with Crippen LogP contribution in [-0.2, 0) is 6.42 Å². The number of hydrogen-bond donors (Lipinski definition) is 2. The van der Waals surface area contributed by atoms with Crippen LogP contribution in [0.2, 0.25) is 5.02 Å². The molecule has 0 aliphatic carbocycles. The van der Waals surface area contributed by atoms with E-state index in [-0.39, 0.29) is 6.04 Å². The molecule has 2 N–H and O–H groups in total. The first kappa shape index (κ1) is 12.9. The third kappa shape index (κ3) is 2.15. The van der Waals surface area contributed by atoms with Crippen molar-refractivity contribution in [2.45, 2.75) is 19.4 Å². The van der Waals surface area contributed by atoms with Crippen LogP contribution in [0, 0.1) is 6.92 Å². The molecule has 0 unspecified atom stereocenters. The summed E-state index contributed by atoms with van der Waals surface area (Å²) in [5, 5.41) is 5.68. The highest BCUT2D eigenvalue weighted by Crippen LogP contribution is 2.34. The van der Waals surface area contributed by atoms with E-state index in [9.17, 15) is 0 Å². The molecule has 0 saturated heterocycles. The number of halogens is 1. The smallest absolute Gasteiger partial charge is 0.0732 e. The zero-order valence-electron chi connectivity index (χ0n) is 11.9. The normalized spacial score (nSPS) is 17.9. The van der Waals surface area contributed by atoms with Crippen LogP contribution >= 0.6 is 11.6 Å². The minimum absolute atomic E-state index is 0.237. The van der Waals surface area contributed by atoms with Crippen molar-refractivity contribution in [1.29, 1.82) is 0 Å². The van der Waals surface area contributed by atoms with E-state index >= 15 is 0 Å². The second-order valence-corrected chi connectivity index (χ2v) is 6.19. The molecule has 2 nitrogen and oxygen atoms in total. The van der Waals surface area contributed by atoms with Gasteiger partial charge in [0.2, 0.25) is 0 Å². The van der Waals surface area contributed by atoms with Gasteiger partial charge in [-0.25, -0.2) is 0 Å². The van der Waals surface area contributed by atoms with E-state index in [0.29, 0.717) is 0 Å². The quantitative estimate of drug-likeness (QED) is 0.686. The first-order chi connectivity index (χ1) is 10.2. The van der Waals surface area contributed by atoms with Gasteiger partial charge in [-0.2, -0.15) is 0 Å². The van der Waals surface area contributed by atoms with Gasteiger partial charge in [0.05, 0.1) is 6.04 Å². The first-order valence-corrected chi connectivity index (χ1v) is 7.70. The van der Waals surface area contributed by atoms with Gasteiger partial charge in [-0.1, -0.05) is 41.4 Å². The second kappa shape index (κ2) is 4.90. The molecule has 1 aliphatic heterocycles. The lowest BCUT2D eigenvalue weighted by molar-refractivity contribution is 0.560. The molecule has 106 valence electrons. The molecular formula is C18H17ClN2. The van der Waals surface area contributed by atoms with Crippen molar-refractivity contribution < 1.29 is 0 Å². The largest absolute Gasteiger partial charge is 0.357 e. The van der Waals surface area contributed by atoms with E-state index < -0.39 is 0 Å². The topological polar surface area (TPSA) is 27.8 Å². The Morgan fingerprint density at radius 3 is 2.71 bits per heavy atom. The van der Waals surface area contributed by atoms with E-state index in [4.69, 9.17) is 11.6 Å². The van der Waals surface area contributed by atoms with Crippen molar-refractivity contribution in [3.63, 3.8) is 0 Å². The monoisotopic (exact) mass is 296 g/mol. The summed E-state index contributed by atoms with van der Waals surface area (Å²) in [6.45, 7) is 3.11. The zero-order chi connectivity index (χ0) is 14.4. The Morgan fingerprint density at radius 2 is 1.90 bits per heavy atom. The lowest BCUT2D eigenvalue weighted by Gasteiger charge is -2.25. The number of nitrogens with one attached hydrogen (secondary N) is 2. The van der Waals surface area contributed by atoms with Gasteiger partial charge in [-0.05, 0) is 42.7 Å². The number of rotatable bonds is 1. The Balaban J connectivity index is 1.88. The Morgan fingerprint density at radius 1 is 1.10 bits per heavy atom. The van der Waals surface area contributed by atoms with Crippen molar-refractivity contribution >= 4 is 22.5 Å². The average Bonchev–Trinajstić information content (AvgIpc) is 2.86. The number of H-pyrrole nitrogens is 1. The third-order valence-electron chi connectivity index (χ3n) is 4.32.